The Hall–Kier alpha value is -4.27. The number of allylic oxidation sites excluding steroid dienone is 1. The largest absolute Gasteiger partial charge is 0.463 e. The molecule has 9 heteroatoms. The van der Waals surface area contributed by atoms with Gasteiger partial charge < -0.3 is 15.0 Å². The summed E-state index contributed by atoms with van der Waals surface area (Å²) in [6, 6.07) is 10.9. The Labute approximate surface area is 188 Å². The van der Waals surface area contributed by atoms with Gasteiger partial charge in [0.05, 0.1) is 22.8 Å². The number of dihydropyridines is 1. The predicted molar refractivity (Wildman–Crippen MR) is 118 cm³/mol. The van der Waals surface area contributed by atoms with Crippen LogP contribution in [0.3, 0.4) is 0 Å². The Morgan fingerprint density at radius 3 is 2.55 bits per heavy atom. The summed E-state index contributed by atoms with van der Waals surface area (Å²) in [4.78, 5) is 53.4. The summed E-state index contributed by atoms with van der Waals surface area (Å²) in [6.07, 6.45) is 0. The van der Waals surface area contributed by atoms with Crippen molar-refractivity contribution in [2.75, 3.05) is 18.6 Å². The summed E-state index contributed by atoms with van der Waals surface area (Å²) in [7, 11) is 1.52. The maximum Gasteiger partial charge on any atom is 0.337 e. The maximum absolute atomic E-state index is 14.0. The first-order valence-electron chi connectivity index (χ1n) is 10.4. The fraction of sp³-hybridized carbons (Fsp3) is 0.208. The van der Waals surface area contributed by atoms with Crippen molar-refractivity contribution in [3.8, 4) is 0 Å². The van der Waals surface area contributed by atoms with Gasteiger partial charge in [-0.15, -0.1) is 0 Å². The van der Waals surface area contributed by atoms with Crippen LogP contribution in [0.2, 0.25) is 0 Å². The number of anilines is 1. The number of nitrogens with one attached hydrogen (secondary N) is 1. The number of nitrogens with zero attached hydrogens (tertiary/aromatic N) is 2. The summed E-state index contributed by atoms with van der Waals surface area (Å²) in [5.41, 5.74) is 0.271. The molecule has 0 radical (unpaired) electrons. The number of hydrogen-bond donors (Lipinski definition) is 1. The van der Waals surface area contributed by atoms with Gasteiger partial charge in [-0.3, -0.25) is 19.7 Å². The summed E-state index contributed by atoms with van der Waals surface area (Å²) < 4.78 is 5.30. The van der Waals surface area contributed by atoms with E-state index in [1.165, 1.54) is 30.1 Å². The number of carbonyl (C=O) groups excluding carboxylic acids is 3. The fourth-order valence-corrected chi connectivity index (χ4v) is 5.13. The second-order valence-electron chi connectivity index (χ2n) is 8.04. The van der Waals surface area contributed by atoms with Gasteiger partial charge in [0.25, 0.3) is 5.69 Å². The molecular weight excluding hydrogens is 426 g/mol. The second-order valence-corrected chi connectivity index (χ2v) is 8.04. The number of nitro groups is 1. The van der Waals surface area contributed by atoms with Crippen LogP contribution >= 0.6 is 0 Å². The van der Waals surface area contributed by atoms with Crippen molar-refractivity contribution < 1.29 is 24.0 Å². The van der Waals surface area contributed by atoms with E-state index in [2.05, 4.69) is 5.32 Å². The number of Topliss-reactive ketones (excluding diaryl/α,β-unsaturated/α-hetero) is 1. The summed E-state index contributed by atoms with van der Waals surface area (Å²) in [6.45, 7) is 3.32. The van der Waals surface area contributed by atoms with E-state index in [1.807, 2.05) is 0 Å². The maximum atomic E-state index is 14.0. The van der Waals surface area contributed by atoms with Gasteiger partial charge in [0.15, 0.2) is 5.78 Å². The third-order valence-electron chi connectivity index (χ3n) is 6.42. The molecule has 1 amide bonds. The summed E-state index contributed by atoms with van der Waals surface area (Å²) >= 11 is 0. The first-order valence-corrected chi connectivity index (χ1v) is 10.4. The van der Waals surface area contributed by atoms with Crippen molar-refractivity contribution in [2.45, 2.75) is 19.3 Å². The molecule has 2 heterocycles. The number of likely N-dealkylation sites (N-methyl/N-ethyl adjacent to an activating group) is 1. The Morgan fingerprint density at radius 1 is 1.18 bits per heavy atom. The Bertz CT molecular complexity index is 1370. The Morgan fingerprint density at radius 2 is 1.88 bits per heavy atom. The highest BCUT2D eigenvalue weighted by Crippen LogP contribution is 2.57. The first-order chi connectivity index (χ1) is 15.7. The van der Waals surface area contributed by atoms with Gasteiger partial charge in [-0.2, -0.15) is 0 Å². The average molecular weight is 445 g/mol. The molecule has 0 saturated carbocycles. The number of carbonyl (C=O) groups is 3. The molecule has 33 heavy (non-hydrogen) atoms. The number of ether oxygens (including phenoxy) is 1. The number of hydrogen-bond acceptors (Lipinski definition) is 7. The molecule has 3 aliphatic rings. The van der Waals surface area contributed by atoms with Crippen LogP contribution in [-0.4, -0.2) is 36.2 Å². The second kappa shape index (κ2) is 6.86. The van der Waals surface area contributed by atoms with Crippen LogP contribution in [0.1, 0.15) is 35.3 Å². The molecule has 1 atom stereocenters. The molecule has 1 aliphatic carbocycles. The number of ketones is 1. The van der Waals surface area contributed by atoms with Crippen LogP contribution in [0.5, 0.6) is 0 Å². The summed E-state index contributed by atoms with van der Waals surface area (Å²) in [5.74, 6) is -1.72. The van der Waals surface area contributed by atoms with Crippen molar-refractivity contribution in [3.05, 3.63) is 86.1 Å². The van der Waals surface area contributed by atoms with Gasteiger partial charge in [0, 0.05) is 52.8 Å². The minimum absolute atomic E-state index is 0.0413. The van der Waals surface area contributed by atoms with E-state index >= 15 is 0 Å². The van der Waals surface area contributed by atoms with Crippen LogP contribution in [0, 0.1) is 10.1 Å². The third-order valence-corrected chi connectivity index (χ3v) is 6.42. The average Bonchev–Trinajstić information content (AvgIpc) is 3.19. The van der Waals surface area contributed by atoms with E-state index in [0.29, 0.717) is 28.2 Å². The van der Waals surface area contributed by atoms with E-state index in [-0.39, 0.29) is 29.0 Å². The third kappa shape index (κ3) is 2.44. The van der Waals surface area contributed by atoms with Crippen molar-refractivity contribution in [2.24, 2.45) is 0 Å². The van der Waals surface area contributed by atoms with Crippen LogP contribution in [0.15, 0.2) is 59.3 Å². The zero-order chi connectivity index (χ0) is 23.7. The molecule has 5 rings (SSSR count). The molecule has 2 aliphatic heterocycles. The molecule has 0 fully saturated rings. The zero-order valence-electron chi connectivity index (χ0n) is 18.1. The normalized spacial score (nSPS) is 20.6. The van der Waals surface area contributed by atoms with Crippen molar-refractivity contribution >= 4 is 34.7 Å². The van der Waals surface area contributed by atoms with Crippen molar-refractivity contribution in [1.82, 2.24) is 5.32 Å². The standard InChI is InChI=1S/C24H19N3O6/c1-4-33-22(29)18-12(2)25-20-14-7-5-6-8-15(14)21(28)19(20)24(18)16-11-13(27(31)32)9-10-17(16)26(3)23(24)30/h5-11,25H,4H2,1-3H3. The number of fused-ring (bicyclic) bond motifs is 5. The zero-order valence-corrected chi connectivity index (χ0v) is 18.1. The molecule has 9 nitrogen and oxygen atoms in total. The van der Waals surface area contributed by atoms with E-state index in [1.54, 1.807) is 38.1 Å². The van der Waals surface area contributed by atoms with Gasteiger partial charge in [-0.25, -0.2) is 4.79 Å². The molecule has 1 spiro atoms. The molecule has 1 unspecified atom stereocenters. The van der Waals surface area contributed by atoms with Gasteiger partial charge >= 0.3 is 5.97 Å². The highest BCUT2D eigenvalue weighted by molar-refractivity contribution is 6.31. The SMILES string of the molecule is CCOC(=O)C1=C(C)NC2=C(C(=O)c3ccccc32)C12C(=O)N(C)c1ccc([N+](=O)[O-])cc12. The van der Waals surface area contributed by atoms with Gasteiger partial charge in [-0.1, -0.05) is 24.3 Å². The van der Waals surface area contributed by atoms with Crippen molar-refractivity contribution in [3.63, 3.8) is 0 Å². The quantitative estimate of drug-likeness (QED) is 0.438. The number of esters is 1. The lowest BCUT2D eigenvalue weighted by molar-refractivity contribution is -0.384. The monoisotopic (exact) mass is 445 g/mol. The van der Waals surface area contributed by atoms with E-state index in [9.17, 15) is 24.5 Å². The lowest BCUT2D eigenvalue weighted by Gasteiger charge is -2.36. The molecule has 0 aromatic heterocycles. The Balaban J connectivity index is 1.92. The lowest BCUT2D eigenvalue weighted by Crippen LogP contribution is -2.49. The highest BCUT2D eigenvalue weighted by atomic mass is 16.6. The molecule has 1 N–H and O–H groups in total. The van der Waals surface area contributed by atoms with Gasteiger partial charge in [-0.05, 0) is 19.9 Å². The van der Waals surface area contributed by atoms with E-state index < -0.39 is 28.0 Å². The highest BCUT2D eigenvalue weighted by Gasteiger charge is 2.63. The minimum atomic E-state index is -1.87. The molecule has 166 valence electrons. The number of benzene rings is 2. The Kier molecular flexibility index (Phi) is 4.29. The lowest BCUT2D eigenvalue weighted by atomic mass is 9.66. The van der Waals surface area contributed by atoms with Crippen molar-refractivity contribution in [1.29, 1.82) is 0 Å². The predicted octanol–water partition coefficient (Wildman–Crippen LogP) is 2.86. The topological polar surface area (TPSA) is 119 Å². The molecule has 0 bridgehead atoms. The number of rotatable bonds is 3. The smallest absolute Gasteiger partial charge is 0.337 e. The van der Waals surface area contributed by atoms with Crippen LogP contribution in [-0.2, 0) is 19.7 Å². The summed E-state index contributed by atoms with van der Waals surface area (Å²) in [5, 5.41) is 14.7. The minimum Gasteiger partial charge on any atom is -0.463 e. The van der Waals surface area contributed by atoms with Gasteiger partial charge in [0.1, 0.15) is 5.41 Å². The molecular formula is C24H19N3O6. The fourth-order valence-electron chi connectivity index (χ4n) is 5.13. The first kappa shape index (κ1) is 20.6. The number of amides is 1. The van der Waals surface area contributed by atoms with Crippen LogP contribution < -0.4 is 10.2 Å². The van der Waals surface area contributed by atoms with Crippen LogP contribution in [0.25, 0.3) is 5.70 Å². The number of non-ortho nitro benzene ring substituents is 1. The molecule has 2 aromatic rings. The van der Waals surface area contributed by atoms with E-state index in [0.717, 1.165) is 0 Å². The number of nitro benzene ring substituents is 1. The molecule has 0 saturated heterocycles. The molecule has 2 aromatic carbocycles. The van der Waals surface area contributed by atoms with Crippen LogP contribution in [0.4, 0.5) is 11.4 Å². The van der Waals surface area contributed by atoms with E-state index in [4.69, 9.17) is 4.74 Å². The van der Waals surface area contributed by atoms with Gasteiger partial charge in [0.2, 0.25) is 5.91 Å².